The van der Waals surface area contributed by atoms with E-state index in [1.165, 1.54) is 29.7 Å². The average Bonchev–Trinajstić information content (AvgIpc) is 3.47. The van der Waals surface area contributed by atoms with Crippen molar-refractivity contribution in [1.29, 1.82) is 0 Å². The number of carbonyl (C=O) groups is 1. The number of amides is 1. The highest BCUT2D eigenvalue weighted by Gasteiger charge is 2.38. The lowest BCUT2D eigenvalue weighted by Gasteiger charge is -2.39. The SMILES string of the molecule is O=C(c1nc2c(C(F)(F)F)cc(-c3ccoc3)cn2c1Cl)N1CCN(C2CCC(O)CC2)S(=O)C1. The third kappa shape index (κ3) is 4.59. The Kier molecular flexibility index (Phi) is 6.41. The van der Waals surface area contributed by atoms with Crippen molar-refractivity contribution in [2.24, 2.45) is 0 Å². The first-order valence-corrected chi connectivity index (χ1v) is 12.7. The number of nitrogens with zero attached hydrogens (tertiary/aromatic N) is 4. The predicted molar refractivity (Wildman–Crippen MR) is 122 cm³/mol. The van der Waals surface area contributed by atoms with Crippen LogP contribution in [0, 0.1) is 0 Å². The molecular weight excluding hydrogens is 509 g/mol. The van der Waals surface area contributed by atoms with Crippen LogP contribution >= 0.6 is 11.6 Å². The number of rotatable bonds is 3. The molecule has 1 unspecified atom stereocenters. The number of aromatic nitrogens is 2. The van der Waals surface area contributed by atoms with E-state index in [1.54, 1.807) is 0 Å². The van der Waals surface area contributed by atoms with Crippen LogP contribution in [0.3, 0.4) is 0 Å². The number of halogens is 4. The number of alkyl halides is 3. The van der Waals surface area contributed by atoms with Crippen molar-refractivity contribution in [3.05, 3.63) is 47.3 Å². The maximum atomic E-state index is 13.9. The fourth-order valence-corrected chi connectivity index (χ4v) is 6.39. The lowest BCUT2D eigenvalue weighted by atomic mass is 9.93. The standard InChI is InChI=1S/C22H22ClF3N4O4S/c23-19-18(21(32)28-6-7-30(35(33)12-28)15-1-3-16(31)4-2-15)27-20-17(22(24,25)26)9-14(10-29(19)20)13-5-8-34-11-13/h5,8-11,15-16,31H,1-4,6-7,12H2. The zero-order valence-electron chi connectivity index (χ0n) is 18.4. The minimum atomic E-state index is -4.74. The first kappa shape index (κ1) is 24.3. The van der Waals surface area contributed by atoms with E-state index in [9.17, 15) is 27.3 Å². The van der Waals surface area contributed by atoms with Gasteiger partial charge >= 0.3 is 6.18 Å². The van der Waals surface area contributed by atoms with Crippen LogP contribution in [-0.4, -0.2) is 64.9 Å². The smallest absolute Gasteiger partial charge is 0.420 e. The summed E-state index contributed by atoms with van der Waals surface area (Å²) < 4.78 is 62.3. The van der Waals surface area contributed by atoms with Crippen molar-refractivity contribution in [3.63, 3.8) is 0 Å². The largest absolute Gasteiger partial charge is 0.472 e. The van der Waals surface area contributed by atoms with Crippen LogP contribution in [0.2, 0.25) is 5.15 Å². The number of hydrogen-bond donors (Lipinski definition) is 1. The molecule has 2 aliphatic rings. The number of hydrogen-bond acceptors (Lipinski definition) is 5. The van der Waals surface area contributed by atoms with E-state index in [0.717, 1.165) is 23.3 Å². The number of furan rings is 1. The number of fused-ring (bicyclic) bond motifs is 1. The summed E-state index contributed by atoms with van der Waals surface area (Å²) in [5.74, 6) is -0.780. The summed E-state index contributed by atoms with van der Waals surface area (Å²) in [6.45, 7) is 0.586. The zero-order valence-corrected chi connectivity index (χ0v) is 19.9. The molecule has 0 aromatic carbocycles. The summed E-state index contributed by atoms with van der Waals surface area (Å²) in [5, 5.41) is 9.46. The van der Waals surface area contributed by atoms with Crippen LogP contribution in [0.25, 0.3) is 16.8 Å². The van der Waals surface area contributed by atoms with Crippen molar-refractivity contribution in [3.8, 4) is 11.1 Å². The summed E-state index contributed by atoms with van der Waals surface area (Å²) in [7, 11) is -1.49. The second-order valence-corrected chi connectivity index (χ2v) is 10.4. The topological polar surface area (TPSA) is 91.3 Å². The number of aliphatic hydroxyl groups excluding tert-OH is 1. The number of carbonyl (C=O) groups excluding carboxylic acids is 1. The molecule has 1 saturated heterocycles. The Morgan fingerprint density at radius 3 is 2.57 bits per heavy atom. The van der Waals surface area contributed by atoms with Gasteiger partial charge < -0.3 is 14.4 Å². The van der Waals surface area contributed by atoms with Crippen LogP contribution in [0.5, 0.6) is 0 Å². The monoisotopic (exact) mass is 530 g/mol. The average molecular weight is 531 g/mol. The Hall–Kier alpha value is -2.41. The lowest BCUT2D eigenvalue weighted by molar-refractivity contribution is -0.136. The van der Waals surface area contributed by atoms with Gasteiger partial charge in [-0.05, 0) is 37.8 Å². The molecule has 8 nitrogen and oxygen atoms in total. The van der Waals surface area contributed by atoms with Gasteiger partial charge in [-0.1, -0.05) is 11.6 Å². The molecule has 35 heavy (non-hydrogen) atoms. The van der Waals surface area contributed by atoms with Crippen LogP contribution in [-0.2, 0) is 17.2 Å². The highest BCUT2D eigenvalue weighted by atomic mass is 35.5. The second-order valence-electron chi connectivity index (χ2n) is 8.72. The molecule has 1 saturated carbocycles. The molecule has 2 fully saturated rings. The quantitative estimate of drug-likeness (QED) is 0.554. The van der Waals surface area contributed by atoms with Gasteiger partial charge in [0.1, 0.15) is 22.0 Å². The van der Waals surface area contributed by atoms with Crippen molar-refractivity contribution in [2.75, 3.05) is 19.0 Å². The normalized spacial score (nSPS) is 24.3. The minimum absolute atomic E-state index is 0.0611. The highest BCUT2D eigenvalue weighted by Crippen LogP contribution is 2.37. The molecule has 0 spiro atoms. The van der Waals surface area contributed by atoms with E-state index in [4.69, 9.17) is 16.0 Å². The van der Waals surface area contributed by atoms with E-state index in [-0.39, 0.29) is 41.0 Å². The fraction of sp³-hybridized carbons (Fsp3) is 0.455. The van der Waals surface area contributed by atoms with E-state index >= 15 is 0 Å². The van der Waals surface area contributed by atoms with Gasteiger partial charge in [-0.2, -0.15) is 13.2 Å². The third-order valence-corrected chi connectivity index (χ3v) is 8.40. The summed E-state index contributed by atoms with van der Waals surface area (Å²) in [4.78, 5) is 18.5. The first-order chi connectivity index (χ1) is 16.6. The van der Waals surface area contributed by atoms with Crippen LogP contribution < -0.4 is 0 Å². The first-order valence-electron chi connectivity index (χ1n) is 11.1. The predicted octanol–water partition coefficient (Wildman–Crippen LogP) is 3.95. The van der Waals surface area contributed by atoms with Gasteiger partial charge in [-0.3, -0.25) is 9.20 Å². The molecule has 0 bridgehead atoms. The van der Waals surface area contributed by atoms with Crippen LogP contribution in [0.1, 0.15) is 41.7 Å². The molecule has 3 aromatic heterocycles. The molecule has 188 valence electrons. The van der Waals surface area contributed by atoms with Gasteiger partial charge in [-0.25, -0.2) is 13.5 Å². The van der Waals surface area contributed by atoms with Crippen LogP contribution in [0.15, 0.2) is 35.3 Å². The molecular formula is C22H22ClF3N4O4S. The minimum Gasteiger partial charge on any atom is -0.472 e. The molecule has 1 aliphatic carbocycles. The van der Waals surface area contributed by atoms with Gasteiger partial charge in [0.05, 0.1) is 24.2 Å². The molecule has 0 radical (unpaired) electrons. The highest BCUT2D eigenvalue weighted by molar-refractivity contribution is 7.82. The van der Waals surface area contributed by atoms with Gasteiger partial charge in [0.25, 0.3) is 5.91 Å². The maximum absolute atomic E-state index is 13.9. The van der Waals surface area contributed by atoms with Crippen molar-refractivity contribution >= 4 is 34.1 Å². The zero-order chi connectivity index (χ0) is 24.9. The van der Waals surface area contributed by atoms with Gasteiger partial charge in [0, 0.05) is 36.5 Å². The summed E-state index contributed by atoms with van der Waals surface area (Å²) >= 11 is 6.38. The van der Waals surface area contributed by atoms with Crippen molar-refractivity contribution in [1.82, 2.24) is 18.6 Å². The summed E-state index contributed by atoms with van der Waals surface area (Å²) in [5.41, 5.74) is -1.24. The Balaban J connectivity index is 1.43. The molecule has 5 rings (SSSR count). The number of pyridine rings is 1. The summed E-state index contributed by atoms with van der Waals surface area (Å²) in [6.07, 6.45) is 1.66. The number of aliphatic hydroxyl groups is 1. The Morgan fingerprint density at radius 2 is 1.94 bits per heavy atom. The Morgan fingerprint density at radius 1 is 1.20 bits per heavy atom. The van der Waals surface area contributed by atoms with Gasteiger partial charge in [-0.15, -0.1) is 0 Å². The van der Waals surface area contributed by atoms with E-state index < -0.39 is 34.3 Å². The number of imidazole rings is 1. The fourth-order valence-electron chi connectivity index (χ4n) is 4.65. The molecule has 13 heteroatoms. The summed E-state index contributed by atoms with van der Waals surface area (Å²) in [6, 6.07) is 2.51. The van der Waals surface area contributed by atoms with Gasteiger partial charge in [0.2, 0.25) is 0 Å². The van der Waals surface area contributed by atoms with Gasteiger partial charge in [0.15, 0.2) is 11.3 Å². The molecule has 3 aromatic rings. The van der Waals surface area contributed by atoms with Crippen molar-refractivity contribution < 1.29 is 31.7 Å². The molecule has 1 amide bonds. The van der Waals surface area contributed by atoms with Crippen molar-refractivity contribution in [2.45, 2.75) is 44.0 Å². The van der Waals surface area contributed by atoms with E-state index in [2.05, 4.69) is 4.98 Å². The Bertz CT molecular complexity index is 1270. The third-order valence-electron chi connectivity index (χ3n) is 6.50. The Labute approximate surface area is 205 Å². The molecule has 1 aliphatic heterocycles. The van der Waals surface area contributed by atoms with Crippen LogP contribution in [0.4, 0.5) is 13.2 Å². The van der Waals surface area contributed by atoms with E-state index in [1.807, 2.05) is 4.31 Å². The molecule has 4 heterocycles. The van der Waals surface area contributed by atoms with E-state index in [0.29, 0.717) is 24.9 Å². The molecule has 1 atom stereocenters. The maximum Gasteiger partial charge on any atom is 0.420 e. The second kappa shape index (κ2) is 9.23. The lowest BCUT2D eigenvalue weighted by Crippen LogP contribution is -2.53. The molecule has 1 N–H and O–H groups in total.